The van der Waals surface area contributed by atoms with Gasteiger partial charge >= 0.3 is 0 Å². The van der Waals surface area contributed by atoms with E-state index in [0.717, 1.165) is 24.5 Å². The van der Waals surface area contributed by atoms with E-state index in [-0.39, 0.29) is 0 Å². The van der Waals surface area contributed by atoms with Crippen LogP contribution in [0.3, 0.4) is 0 Å². The summed E-state index contributed by atoms with van der Waals surface area (Å²) >= 11 is 0. The Balaban J connectivity index is 1.58. The van der Waals surface area contributed by atoms with Crippen molar-refractivity contribution in [3.8, 4) is 0 Å². The molecule has 0 amide bonds. The van der Waals surface area contributed by atoms with Crippen molar-refractivity contribution in [3.05, 3.63) is 83.0 Å². The maximum absolute atomic E-state index is 4.57. The lowest BCUT2D eigenvalue weighted by Gasteiger charge is -2.10. The molecule has 25 heavy (non-hydrogen) atoms. The van der Waals surface area contributed by atoms with Gasteiger partial charge in [-0.2, -0.15) is 4.98 Å². The zero-order chi connectivity index (χ0) is 17.5. The van der Waals surface area contributed by atoms with Gasteiger partial charge in [0.25, 0.3) is 0 Å². The molecule has 0 spiro atoms. The molecule has 0 aliphatic heterocycles. The summed E-state index contributed by atoms with van der Waals surface area (Å²) in [5.74, 6) is 1.51. The van der Waals surface area contributed by atoms with Crippen molar-refractivity contribution in [2.75, 3.05) is 17.2 Å². The zero-order valence-corrected chi connectivity index (χ0v) is 14.8. The summed E-state index contributed by atoms with van der Waals surface area (Å²) in [6, 6.07) is 20.9. The molecule has 2 aromatic carbocycles. The number of benzene rings is 2. The van der Waals surface area contributed by atoms with Crippen LogP contribution < -0.4 is 10.6 Å². The van der Waals surface area contributed by atoms with Gasteiger partial charge in [-0.3, -0.25) is 0 Å². The molecule has 128 valence electrons. The number of aryl methyl sites for hydroxylation is 2. The fourth-order valence-corrected chi connectivity index (χ4v) is 2.72. The van der Waals surface area contributed by atoms with Crippen LogP contribution in [0.1, 0.15) is 22.4 Å². The summed E-state index contributed by atoms with van der Waals surface area (Å²) in [4.78, 5) is 9.04. The highest BCUT2D eigenvalue weighted by Crippen LogP contribution is 2.12. The number of hydrogen-bond donors (Lipinski definition) is 2. The van der Waals surface area contributed by atoms with Crippen molar-refractivity contribution in [1.29, 1.82) is 0 Å². The third-order valence-electron chi connectivity index (χ3n) is 3.95. The van der Waals surface area contributed by atoms with Crippen LogP contribution in [-0.2, 0) is 13.0 Å². The molecular formula is C21H24N4. The summed E-state index contributed by atoms with van der Waals surface area (Å²) < 4.78 is 0. The first kappa shape index (κ1) is 17.0. The van der Waals surface area contributed by atoms with Gasteiger partial charge in [-0.25, -0.2) is 4.98 Å². The molecule has 1 aromatic heterocycles. The van der Waals surface area contributed by atoms with Crippen LogP contribution in [-0.4, -0.2) is 16.5 Å². The van der Waals surface area contributed by atoms with Crippen molar-refractivity contribution in [3.63, 3.8) is 0 Å². The molecule has 0 bridgehead atoms. The van der Waals surface area contributed by atoms with Crippen molar-refractivity contribution in [2.45, 2.75) is 26.8 Å². The van der Waals surface area contributed by atoms with E-state index in [1.165, 1.54) is 16.7 Å². The van der Waals surface area contributed by atoms with E-state index in [1.54, 1.807) is 0 Å². The average molecular weight is 332 g/mol. The van der Waals surface area contributed by atoms with Gasteiger partial charge in [-0.1, -0.05) is 60.2 Å². The third-order valence-corrected chi connectivity index (χ3v) is 3.95. The topological polar surface area (TPSA) is 49.8 Å². The van der Waals surface area contributed by atoms with Gasteiger partial charge in [0.15, 0.2) is 0 Å². The quantitative estimate of drug-likeness (QED) is 0.675. The molecule has 0 aliphatic carbocycles. The molecule has 3 aromatic rings. The minimum absolute atomic E-state index is 0.656. The SMILES string of the molecule is Cc1cccc(CNc2nc(C)cc(NCCc3ccccc3)n2)c1. The lowest BCUT2D eigenvalue weighted by molar-refractivity contribution is 0.981. The van der Waals surface area contributed by atoms with Crippen LogP contribution in [0.15, 0.2) is 60.7 Å². The number of aromatic nitrogens is 2. The first-order chi connectivity index (χ1) is 12.2. The van der Waals surface area contributed by atoms with E-state index >= 15 is 0 Å². The maximum atomic E-state index is 4.57. The van der Waals surface area contributed by atoms with Crippen molar-refractivity contribution < 1.29 is 0 Å². The molecular weight excluding hydrogens is 308 g/mol. The lowest BCUT2D eigenvalue weighted by atomic mass is 10.1. The van der Waals surface area contributed by atoms with Crippen molar-refractivity contribution >= 4 is 11.8 Å². The van der Waals surface area contributed by atoms with E-state index < -0.39 is 0 Å². The van der Waals surface area contributed by atoms with Crippen LogP contribution in [0.25, 0.3) is 0 Å². The van der Waals surface area contributed by atoms with Gasteiger partial charge in [0, 0.05) is 24.8 Å². The number of anilines is 2. The van der Waals surface area contributed by atoms with E-state index in [0.29, 0.717) is 12.5 Å². The monoisotopic (exact) mass is 332 g/mol. The number of nitrogens with zero attached hydrogens (tertiary/aromatic N) is 2. The normalized spacial score (nSPS) is 10.5. The number of hydrogen-bond acceptors (Lipinski definition) is 4. The Hall–Kier alpha value is -2.88. The summed E-state index contributed by atoms with van der Waals surface area (Å²) in [6.45, 7) is 5.65. The van der Waals surface area contributed by atoms with E-state index in [1.807, 2.05) is 19.1 Å². The highest BCUT2D eigenvalue weighted by molar-refractivity contribution is 5.42. The molecule has 2 N–H and O–H groups in total. The zero-order valence-electron chi connectivity index (χ0n) is 14.8. The molecule has 3 rings (SSSR count). The predicted molar refractivity (Wildman–Crippen MR) is 104 cm³/mol. The molecule has 0 unspecified atom stereocenters. The molecule has 0 aliphatic rings. The van der Waals surface area contributed by atoms with Gasteiger partial charge in [0.05, 0.1) is 0 Å². The second kappa shape index (κ2) is 8.29. The summed E-state index contributed by atoms with van der Waals surface area (Å²) in [5, 5.41) is 6.71. The van der Waals surface area contributed by atoms with Crippen LogP contribution in [0.4, 0.5) is 11.8 Å². The minimum Gasteiger partial charge on any atom is -0.370 e. The summed E-state index contributed by atoms with van der Waals surface area (Å²) in [6.07, 6.45) is 0.968. The predicted octanol–water partition coefficient (Wildman–Crippen LogP) is 4.36. The fourth-order valence-electron chi connectivity index (χ4n) is 2.72. The fraction of sp³-hybridized carbons (Fsp3) is 0.238. The Morgan fingerprint density at radius 3 is 2.40 bits per heavy atom. The smallest absolute Gasteiger partial charge is 0.225 e. The minimum atomic E-state index is 0.656. The lowest BCUT2D eigenvalue weighted by Crippen LogP contribution is -2.10. The molecule has 0 radical (unpaired) electrons. The summed E-state index contributed by atoms with van der Waals surface area (Å²) in [5.41, 5.74) is 4.75. The largest absolute Gasteiger partial charge is 0.370 e. The van der Waals surface area contributed by atoms with Crippen LogP contribution >= 0.6 is 0 Å². The van der Waals surface area contributed by atoms with Gasteiger partial charge in [-0.05, 0) is 31.4 Å². The van der Waals surface area contributed by atoms with Crippen LogP contribution in [0.5, 0.6) is 0 Å². The van der Waals surface area contributed by atoms with Crippen LogP contribution in [0, 0.1) is 13.8 Å². The average Bonchev–Trinajstić information content (AvgIpc) is 2.61. The molecule has 0 saturated carbocycles. The molecule has 0 saturated heterocycles. The standard InChI is InChI=1S/C21H24N4/c1-16-7-6-10-19(13-16)15-23-21-24-17(2)14-20(25-21)22-12-11-18-8-4-3-5-9-18/h3-10,13-14H,11-12,15H2,1-2H3,(H2,22,23,24,25). The Morgan fingerprint density at radius 2 is 1.60 bits per heavy atom. The Kier molecular flexibility index (Phi) is 5.62. The van der Waals surface area contributed by atoms with Gasteiger partial charge < -0.3 is 10.6 Å². The number of nitrogens with one attached hydrogen (secondary N) is 2. The maximum Gasteiger partial charge on any atom is 0.225 e. The van der Waals surface area contributed by atoms with Crippen molar-refractivity contribution in [2.24, 2.45) is 0 Å². The molecule has 0 fully saturated rings. The Labute approximate surface area is 149 Å². The summed E-state index contributed by atoms with van der Waals surface area (Å²) in [7, 11) is 0. The van der Waals surface area contributed by atoms with E-state index in [9.17, 15) is 0 Å². The Morgan fingerprint density at radius 1 is 0.800 bits per heavy atom. The highest BCUT2D eigenvalue weighted by Gasteiger charge is 2.03. The van der Waals surface area contributed by atoms with E-state index in [2.05, 4.69) is 76.1 Å². The molecule has 1 heterocycles. The second-order valence-electron chi connectivity index (χ2n) is 6.22. The highest BCUT2D eigenvalue weighted by atomic mass is 15.1. The van der Waals surface area contributed by atoms with Gasteiger partial charge in [0.1, 0.15) is 5.82 Å². The first-order valence-electron chi connectivity index (χ1n) is 8.62. The van der Waals surface area contributed by atoms with Gasteiger partial charge in [-0.15, -0.1) is 0 Å². The van der Waals surface area contributed by atoms with Gasteiger partial charge in [0.2, 0.25) is 5.95 Å². The Bertz CT molecular complexity index is 815. The van der Waals surface area contributed by atoms with E-state index in [4.69, 9.17) is 0 Å². The number of rotatable bonds is 7. The molecule has 4 heteroatoms. The second-order valence-corrected chi connectivity index (χ2v) is 6.22. The van der Waals surface area contributed by atoms with Crippen LogP contribution in [0.2, 0.25) is 0 Å². The molecule has 4 nitrogen and oxygen atoms in total. The third kappa shape index (κ3) is 5.31. The molecule has 0 atom stereocenters. The first-order valence-corrected chi connectivity index (χ1v) is 8.62. The van der Waals surface area contributed by atoms with Crippen molar-refractivity contribution in [1.82, 2.24) is 9.97 Å².